The van der Waals surface area contributed by atoms with E-state index in [9.17, 15) is 9.59 Å². The zero-order valence-corrected chi connectivity index (χ0v) is 14.6. The van der Waals surface area contributed by atoms with Crippen molar-refractivity contribution in [3.63, 3.8) is 0 Å². The van der Waals surface area contributed by atoms with Crippen LogP contribution in [0.25, 0.3) is 0 Å². The molecule has 0 aliphatic carbocycles. The standard InChI is InChI=1S/C19H19N3O2S/c1-14-12-25-13-17(14)21-19(24)20-16(15-7-3-2-4-8-15)11-22-10-6-5-9-18(22)23/h2-10,12-13,16H,11H2,1H3,(H2,20,21,24). The van der Waals surface area contributed by atoms with Crippen LogP contribution in [0.3, 0.4) is 0 Å². The van der Waals surface area contributed by atoms with Gasteiger partial charge in [-0.05, 0) is 29.5 Å². The van der Waals surface area contributed by atoms with Gasteiger partial charge in [0.05, 0.1) is 18.3 Å². The molecule has 2 aromatic heterocycles. The lowest BCUT2D eigenvalue weighted by Gasteiger charge is -2.20. The van der Waals surface area contributed by atoms with Crippen LogP contribution in [-0.2, 0) is 6.54 Å². The highest BCUT2D eigenvalue weighted by Crippen LogP contribution is 2.20. The third-order valence-corrected chi connectivity index (χ3v) is 4.75. The maximum Gasteiger partial charge on any atom is 0.319 e. The number of aryl methyl sites for hydroxylation is 1. The van der Waals surface area contributed by atoms with Gasteiger partial charge in [0.15, 0.2) is 0 Å². The maximum atomic E-state index is 12.4. The molecule has 2 amide bonds. The molecule has 3 aromatic rings. The topological polar surface area (TPSA) is 63.1 Å². The molecule has 6 heteroatoms. The number of rotatable bonds is 5. The van der Waals surface area contributed by atoms with E-state index in [1.807, 2.05) is 48.0 Å². The van der Waals surface area contributed by atoms with Crippen molar-refractivity contribution in [3.8, 4) is 0 Å². The highest BCUT2D eigenvalue weighted by atomic mass is 32.1. The molecule has 2 heterocycles. The molecule has 3 rings (SSSR count). The van der Waals surface area contributed by atoms with Gasteiger partial charge in [0.2, 0.25) is 0 Å². The smallest absolute Gasteiger partial charge is 0.319 e. The van der Waals surface area contributed by atoms with Gasteiger partial charge < -0.3 is 15.2 Å². The SMILES string of the molecule is Cc1cscc1NC(=O)NC(Cn1ccccc1=O)c1ccccc1. The molecule has 0 spiro atoms. The summed E-state index contributed by atoms with van der Waals surface area (Å²) in [4.78, 5) is 24.4. The minimum atomic E-state index is -0.319. The minimum absolute atomic E-state index is 0.0979. The summed E-state index contributed by atoms with van der Waals surface area (Å²) < 4.78 is 1.59. The van der Waals surface area contributed by atoms with E-state index in [0.29, 0.717) is 6.54 Å². The van der Waals surface area contributed by atoms with Gasteiger partial charge in [-0.2, -0.15) is 0 Å². The summed E-state index contributed by atoms with van der Waals surface area (Å²) in [6.45, 7) is 2.31. The highest BCUT2D eigenvalue weighted by molar-refractivity contribution is 7.08. The second kappa shape index (κ2) is 7.81. The van der Waals surface area contributed by atoms with Gasteiger partial charge in [0, 0.05) is 17.6 Å². The number of urea groups is 1. The van der Waals surface area contributed by atoms with Gasteiger partial charge in [-0.25, -0.2) is 4.79 Å². The van der Waals surface area contributed by atoms with E-state index in [0.717, 1.165) is 16.8 Å². The van der Waals surface area contributed by atoms with Crippen molar-refractivity contribution in [2.45, 2.75) is 19.5 Å². The van der Waals surface area contributed by atoms with Crippen molar-refractivity contribution in [2.24, 2.45) is 0 Å². The predicted molar refractivity (Wildman–Crippen MR) is 101 cm³/mol. The number of benzene rings is 1. The first-order chi connectivity index (χ1) is 12.1. The Balaban J connectivity index is 1.79. The van der Waals surface area contributed by atoms with E-state index in [-0.39, 0.29) is 17.6 Å². The van der Waals surface area contributed by atoms with E-state index in [4.69, 9.17) is 0 Å². The van der Waals surface area contributed by atoms with Crippen LogP contribution in [0.5, 0.6) is 0 Å². The highest BCUT2D eigenvalue weighted by Gasteiger charge is 2.16. The first-order valence-corrected chi connectivity index (χ1v) is 8.88. The van der Waals surface area contributed by atoms with Gasteiger partial charge in [-0.1, -0.05) is 36.4 Å². The quantitative estimate of drug-likeness (QED) is 0.733. The predicted octanol–water partition coefficient (Wildman–Crippen LogP) is 3.78. The second-order valence-corrected chi connectivity index (χ2v) is 6.47. The fourth-order valence-corrected chi connectivity index (χ4v) is 3.31. The van der Waals surface area contributed by atoms with Crippen LogP contribution in [0.2, 0.25) is 0 Å². The molecule has 2 N–H and O–H groups in total. The van der Waals surface area contributed by atoms with Crippen LogP contribution in [0.15, 0.2) is 70.3 Å². The average molecular weight is 353 g/mol. The molecule has 0 aliphatic heterocycles. The number of nitrogens with zero attached hydrogens (tertiary/aromatic N) is 1. The normalized spacial score (nSPS) is 11.7. The molecule has 1 aromatic carbocycles. The van der Waals surface area contributed by atoms with Crippen LogP contribution >= 0.6 is 11.3 Å². The van der Waals surface area contributed by atoms with E-state index in [1.165, 1.54) is 6.07 Å². The molecule has 25 heavy (non-hydrogen) atoms. The molecule has 1 atom stereocenters. The first kappa shape index (κ1) is 17.0. The number of pyridine rings is 1. The molecule has 1 unspecified atom stereocenters. The summed E-state index contributed by atoms with van der Waals surface area (Å²) in [6.07, 6.45) is 1.72. The van der Waals surface area contributed by atoms with Gasteiger partial charge in [0.1, 0.15) is 0 Å². The van der Waals surface area contributed by atoms with Gasteiger partial charge >= 0.3 is 6.03 Å². The largest absolute Gasteiger partial charge is 0.329 e. The van der Waals surface area contributed by atoms with Crippen LogP contribution in [0.1, 0.15) is 17.2 Å². The molecule has 0 bridgehead atoms. The van der Waals surface area contributed by atoms with Crippen molar-refractivity contribution < 1.29 is 4.79 Å². The molecule has 5 nitrogen and oxygen atoms in total. The number of amides is 2. The Bertz CT molecular complexity index is 902. The Morgan fingerprint density at radius 2 is 1.88 bits per heavy atom. The van der Waals surface area contributed by atoms with Crippen LogP contribution in [-0.4, -0.2) is 10.6 Å². The number of anilines is 1. The number of thiophene rings is 1. The third kappa shape index (κ3) is 4.36. The zero-order chi connectivity index (χ0) is 17.6. The Kier molecular flexibility index (Phi) is 5.30. The molecular formula is C19H19N3O2S. The lowest BCUT2D eigenvalue weighted by atomic mass is 10.1. The van der Waals surface area contributed by atoms with Crippen molar-refractivity contribution in [3.05, 3.63) is 87.0 Å². The summed E-state index contributed by atoms with van der Waals surface area (Å²) in [5.41, 5.74) is 2.66. The number of hydrogen-bond acceptors (Lipinski definition) is 3. The van der Waals surface area contributed by atoms with Crippen molar-refractivity contribution in [1.29, 1.82) is 0 Å². The number of aromatic nitrogens is 1. The van der Waals surface area contributed by atoms with Crippen LogP contribution in [0, 0.1) is 6.92 Å². The fraction of sp³-hybridized carbons (Fsp3) is 0.158. The lowest BCUT2D eigenvalue weighted by molar-refractivity contribution is 0.247. The Morgan fingerprint density at radius 1 is 1.12 bits per heavy atom. The molecule has 0 aliphatic rings. The zero-order valence-electron chi connectivity index (χ0n) is 13.8. The van der Waals surface area contributed by atoms with Crippen LogP contribution < -0.4 is 16.2 Å². The number of carbonyl (C=O) groups is 1. The van der Waals surface area contributed by atoms with Gasteiger partial charge in [-0.3, -0.25) is 4.79 Å². The van der Waals surface area contributed by atoms with Crippen molar-refractivity contribution in [1.82, 2.24) is 9.88 Å². The number of carbonyl (C=O) groups excluding carboxylic acids is 1. The number of nitrogens with one attached hydrogen (secondary N) is 2. The first-order valence-electron chi connectivity index (χ1n) is 7.94. The number of hydrogen-bond donors (Lipinski definition) is 2. The van der Waals surface area contributed by atoms with E-state index >= 15 is 0 Å². The molecule has 0 radical (unpaired) electrons. The van der Waals surface area contributed by atoms with Gasteiger partial charge in [-0.15, -0.1) is 11.3 Å². The summed E-state index contributed by atoms with van der Waals surface area (Å²) in [5, 5.41) is 9.71. The minimum Gasteiger partial charge on any atom is -0.329 e. The average Bonchev–Trinajstić information content (AvgIpc) is 3.01. The fourth-order valence-electron chi connectivity index (χ4n) is 2.53. The maximum absolute atomic E-state index is 12.4. The van der Waals surface area contributed by atoms with Crippen molar-refractivity contribution in [2.75, 3.05) is 5.32 Å². The van der Waals surface area contributed by atoms with E-state index in [2.05, 4.69) is 10.6 Å². The Labute approximate surface area is 149 Å². The van der Waals surface area contributed by atoms with E-state index in [1.54, 1.807) is 34.2 Å². The van der Waals surface area contributed by atoms with Crippen LogP contribution in [0.4, 0.5) is 10.5 Å². The van der Waals surface area contributed by atoms with Gasteiger partial charge in [0.25, 0.3) is 5.56 Å². The Hall–Kier alpha value is -2.86. The van der Waals surface area contributed by atoms with Crippen molar-refractivity contribution >= 4 is 23.1 Å². The molecule has 128 valence electrons. The summed E-state index contributed by atoms with van der Waals surface area (Å²) in [5.74, 6) is 0. The third-order valence-electron chi connectivity index (χ3n) is 3.89. The lowest BCUT2D eigenvalue weighted by Crippen LogP contribution is -2.36. The molecule has 0 fully saturated rings. The molecule has 0 saturated carbocycles. The molecular weight excluding hydrogens is 334 g/mol. The summed E-state index contributed by atoms with van der Waals surface area (Å²) in [7, 11) is 0. The summed E-state index contributed by atoms with van der Waals surface area (Å²) >= 11 is 1.54. The summed E-state index contributed by atoms with van der Waals surface area (Å²) in [6, 6.07) is 14.0. The second-order valence-electron chi connectivity index (χ2n) is 5.72. The monoisotopic (exact) mass is 353 g/mol. The Morgan fingerprint density at radius 3 is 2.56 bits per heavy atom. The molecule has 0 saturated heterocycles. The van der Waals surface area contributed by atoms with E-state index < -0.39 is 0 Å².